The quantitative estimate of drug-likeness (QED) is 0.524. The van der Waals surface area contributed by atoms with Crippen LogP contribution in [0.25, 0.3) is 0 Å². The van der Waals surface area contributed by atoms with Gasteiger partial charge in [-0.25, -0.2) is 0 Å². The summed E-state index contributed by atoms with van der Waals surface area (Å²) < 4.78 is 0. The molecule has 0 fully saturated rings. The van der Waals surface area contributed by atoms with Crippen LogP contribution < -0.4 is 0 Å². The lowest BCUT2D eigenvalue weighted by Crippen LogP contribution is -1.85. The van der Waals surface area contributed by atoms with Crippen molar-refractivity contribution in [3.63, 3.8) is 0 Å². The summed E-state index contributed by atoms with van der Waals surface area (Å²) in [5.41, 5.74) is 0. The molecule has 0 aliphatic carbocycles. The van der Waals surface area contributed by atoms with E-state index in [-0.39, 0.29) is 0 Å². The van der Waals surface area contributed by atoms with Crippen molar-refractivity contribution < 1.29 is 0 Å². The molecule has 0 heteroatoms. The fourth-order valence-corrected chi connectivity index (χ4v) is 0.916. The molecule has 0 bridgehead atoms. The summed E-state index contributed by atoms with van der Waals surface area (Å²) in [6.45, 7) is 9.06. The van der Waals surface area contributed by atoms with Crippen molar-refractivity contribution in [1.82, 2.24) is 0 Å². The van der Waals surface area contributed by atoms with Gasteiger partial charge in [-0.1, -0.05) is 39.8 Å². The van der Waals surface area contributed by atoms with Crippen molar-refractivity contribution in [2.24, 2.45) is 11.8 Å². The summed E-state index contributed by atoms with van der Waals surface area (Å²) >= 11 is 0. The predicted octanol–water partition coefficient (Wildman–Crippen LogP) is 4.02. The van der Waals surface area contributed by atoms with Gasteiger partial charge in [0.1, 0.15) is 0 Å². The van der Waals surface area contributed by atoms with Crippen LogP contribution in [-0.2, 0) is 0 Å². The average molecular weight is 154 g/mol. The Kier molecular flexibility index (Phi) is 6.30. The molecule has 0 saturated heterocycles. The summed E-state index contributed by atoms with van der Waals surface area (Å²) in [5.74, 6) is 1.66. The van der Waals surface area contributed by atoms with Gasteiger partial charge in [-0.15, -0.1) is 0 Å². The van der Waals surface area contributed by atoms with E-state index in [2.05, 4.69) is 39.8 Å². The summed E-state index contributed by atoms with van der Waals surface area (Å²) in [6.07, 6.45) is 8.45. The van der Waals surface area contributed by atoms with Gasteiger partial charge in [0.05, 0.1) is 0 Å². The van der Waals surface area contributed by atoms with Crippen LogP contribution in [0.1, 0.15) is 47.0 Å². The molecule has 11 heavy (non-hydrogen) atoms. The van der Waals surface area contributed by atoms with E-state index in [9.17, 15) is 0 Å². The van der Waals surface area contributed by atoms with Crippen LogP contribution in [0.15, 0.2) is 12.2 Å². The van der Waals surface area contributed by atoms with Crippen LogP contribution in [0, 0.1) is 11.8 Å². The van der Waals surface area contributed by atoms with E-state index >= 15 is 0 Å². The number of allylic oxidation sites excluding steroid dienone is 2. The molecule has 0 unspecified atom stereocenters. The van der Waals surface area contributed by atoms with Crippen LogP contribution in [-0.4, -0.2) is 0 Å². The third-order valence-electron chi connectivity index (χ3n) is 1.68. The third-order valence-corrected chi connectivity index (χ3v) is 1.68. The highest BCUT2D eigenvalue weighted by Gasteiger charge is 1.90. The van der Waals surface area contributed by atoms with E-state index < -0.39 is 0 Å². The lowest BCUT2D eigenvalue weighted by molar-refractivity contribution is 0.592. The van der Waals surface area contributed by atoms with Crippen molar-refractivity contribution >= 4 is 0 Å². The first-order valence-electron chi connectivity index (χ1n) is 4.78. The molecule has 0 nitrogen and oxygen atoms in total. The van der Waals surface area contributed by atoms with Gasteiger partial charge in [0.15, 0.2) is 0 Å². The van der Waals surface area contributed by atoms with E-state index in [1.807, 2.05) is 0 Å². The van der Waals surface area contributed by atoms with Gasteiger partial charge in [-0.3, -0.25) is 0 Å². The Balaban J connectivity index is 3.17. The van der Waals surface area contributed by atoms with Crippen molar-refractivity contribution in [1.29, 1.82) is 0 Å². The van der Waals surface area contributed by atoms with Crippen LogP contribution in [0.3, 0.4) is 0 Å². The van der Waals surface area contributed by atoms with Crippen LogP contribution in [0.2, 0.25) is 0 Å². The van der Waals surface area contributed by atoms with Gasteiger partial charge in [0.25, 0.3) is 0 Å². The predicted molar refractivity (Wildman–Crippen MR) is 52.7 cm³/mol. The van der Waals surface area contributed by atoms with Gasteiger partial charge in [-0.2, -0.15) is 0 Å². The topological polar surface area (TPSA) is 0 Å². The first-order chi connectivity index (χ1) is 5.13. The molecule has 0 saturated carbocycles. The zero-order valence-electron chi connectivity index (χ0n) is 8.43. The minimum absolute atomic E-state index is 0.810. The van der Waals surface area contributed by atoms with Crippen molar-refractivity contribution in [2.75, 3.05) is 0 Å². The van der Waals surface area contributed by atoms with Crippen molar-refractivity contribution in [2.45, 2.75) is 47.0 Å². The molecule has 0 aliphatic rings. The molecule has 0 aromatic carbocycles. The third kappa shape index (κ3) is 9.74. The average Bonchev–Trinajstić information content (AvgIpc) is 1.85. The normalized spacial score (nSPS) is 12.2. The fraction of sp³-hybridized carbons (Fsp3) is 0.818. The highest BCUT2D eigenvalue weighted by atomic mass is 14.0. The van der Waals surface area contributed by atoms with Gasteiger partial charge in [-0.05, 0) is 31.1 Å². The maximum absolute atomic E-state index is 2.32. The number of rotatable bonds is 5. The van der Waals surface area contributed by atoms with Gasteiger partial charge >= 0.3 is 0 Å². The summed E-state index contributed by atoms with van der Waals surface area (Å²) in [5, 5.41) is 0. The maximum atomic E-state index is 2.32. The largest absolute Gasteiger partial charge is 0.0885 e. The molecule has 66 valence electrons. The summed E-state index contributed by atoms with van der Waals surface area (Å²) in [6, 6.07) is 0. The molecule has 0 radical (unpaired) electrons. The van der Waals surface area contributed by atoms with E-state index in [0.717, 1.165) is 11.8 Å². The zero-order valence-corrected chi connectivity index (χ0v) is 8.43. The van der Waals surface area contributed by atoms with E-state index in [1.165, 1.54) is 19.3 Å². The zero-order chi connectivity index (χ0) is 8.69. The SMILES string of the molecule is CC(C)C/C=C/CCC(C)C. The Bertz CT molecular complexity index is 98.6. The molecule has 0 aromatic rings. The molecule has 0 atom stereocenters. The Labute approximate surface area is 71.7 Å². The fourth-order valence-electron chi connectivity index (χ4n) is 0.916. The Hall–Kier alpha value is -0.260. The lowest BCUT2D eigenvalue weighted by atomic mass is 10.1. The highest BCUT2D eigenvalue weighted by molar-refractivity contribution is 4.82. The number of hydrogen-bond donors (Lipinski definition) is 0. The second-order valence-corrected chi connectivity index (χ2v) is 4.07. The molecule has 0 aliphatic heterocycles. The molecule has 0 spiro atoms. The maximum Gasteiger partial charge on any atom is -0.0327 e. The van der Waals surface area contributed by atoms with Gasteiger partial charge in [0.2, 0.25) is 0 Å². The van der Waals surface area contributed by atoms with Crippen molar-refractivity contribution in [3.8, 4) is 0 Å². The Morgan fingerprint density at radius 3 is 2.00 bits per heavy atom. The lowest BCUT2D eigenvalue weighted by Gasteiger charge is -2.00. The molecular weight excluding hydrogens is 132 g/mol. The first-order valence-corrected chi connectivity index (χ1v) is 4.78. The highest BCUT2D eigenvalue weighted by Crippen LogP contribution is 2.06. The summed E-state index contributed by atoms with van der Waals surface area (Å²) in [7, 11) is 0. The van der Waals surface area contributed by atoms with E-state index in [0.29, 0.717) is 0 Å². The van der Waals surface area contributed by atoms with Crippen molar-refractivity contribution in [3.05, 3.63) is 12.2 Å². The number of hydrogen-bond acceptors (Lipinski definition) is 0. The van der Waals surface area contributed by atoms with Gasteiger partial charge < -0.3 is 0 Å². The molecule has 0 aromatic heterocycles. The molecule has 0 rings (SSSR count). The summed E-state index contributed by atoms with van der Waals surface area (Å²) in [4.78, 5) is 0. The van der Waals surface area contributed by atoms with E-state index in [1.54, 1.807) is 0 Å². The second kappa shape index (κ2) is 6.45. The second-order valence-electron chi connectivity index (χ2n) is 4.07. The van der Waals surface area contributed by atoms with Crippen LogP contribution >= 0.6 is 0 Å². The first kappa shape index (κ1) is 10.7. The molecular formula is C11H22. The molecule has 0 N–H and O–H groups in total. The minimum Gasteiger partial charge on any atom is -0.0885 e. The van der Waals surface area contributed by atoms with Crippen LogP contribution in [0.5, 0.6) is 0 Å². The molecule has 0 amide bonds. The van der Waals surface area contributed by atoms with E-state index in [4.69, 9.17) is 0 Å². The van der Waals surface area contributed by atoms with Gasteiger partial charge in [0, 0.05) is 0 Å². The minimum atomic E-state index is 0.810. The van der Waals surface area contributed by atoms with Crippen LogP contribution in [0.4, 0.5) is 0 Å². The standard InChI is InChI=1S/C11H22/c1-10(2)8-6-5-7-9-11(3)4/h5-6,10-11H,7-9H2,1-4H3/b6-5+. The molecule has 0 heterocycles. The Morgan fingerprint density at radius 2 is 1.55 bits per heavy atom. The monoisotopic (exact) mass is 154 g/mol. The smallest absolute Gasteiger partial charge is 0.0327 e. The Morgan fingerprint density at radius 1 is 0.909 bits per heavy atom.